The van der Waals surface area contributed by atoms with E-state index in [1.807, 2.05) is 0 Å². The van der Waals surface area contributed by atoms with E-state index >= 15 is 0 Å². The van der Waals surface area contributed by atoms with Crippen LogP contribution >= 0.6 is 0 Å². The van der Waals surface area contributed by atoms with Gasteiger partial charge in [0.1, 0.15) is 0 Å². The van der Waals surface area contributed by atoms with Crippen molar-refractivity contribution in [3.05, 3.63) is 34.1 Å². The van der Waals surface area contributed by atoms with Crippen molar-refractivity contribution in [1.82, 2.24) is 4.72 Å². The second-order valence-corrected chi connectivity index (χ2v) is 5.33. The first kappa shape index (κ1) is 15.1. The van der Waals surface area contributed by atoms with Gasteiger partial charge in [-0.2, -0.15) is 9.11 Å². The molecule has 0 aliphatic heterocycles. The molecule has 19 heavy (non-hydrogen) atoms. The maximum absolute atomic E-state index is 13.1. The van der Waals surface area contributed by atoms with Crippen molar-refractivity contribution < 1.29 is 17.7 Å². The lowest BCUT2D eigenvalue weighted by Crippen LogP contribution is -2.33. The van der Waals surface area contributed by atoms with Gasteiger partial charge >= 0.3 is 5.69 Å². The van der Waals surface area contributed by atoms with Gasteiger partial charge in [-0.05, 0) is 18.6 Å². The van der Waals surface area contributed by atoms with E-state index in [-0.39, 0.29) is 0 Å². The van der Waals surface area contributed by atoms with Crippen molar-refractivity contribution >= 4 is 15.7 Å². The summed E-state index contributed by atoms with van der Waals surface area (Å²) in [6.07, 6.45) is 5.49. The third kappa shape index (κ3) is 3.49. The molecule has 0 radical (unpaired) electrons. The molecule has 1 unspecified atom stereocenters. The average Bonchev–Trinajstić information content (AvgIpc) is 2.35. The molecule has 0 saturated carbocycles. The van der Waals surface area contributed by atoms with E-state index in [1.165, 1.54) is 0 Å². The Morgan fingerprint density at radius 3 is 2.68 bits per heavy atom. The van der Waals surface area contributed by atoms with Gasteiger partial charge in [0, 0.05) is 6.07 Å². The summed E-state index contributed by atoms with van der Waals surface area (Å²) in [5.74, 6) is 1.12. The zero-order valence-electron chi connectivity index (χ0n) is 9.96. The van der Waals surface area contributed by atoms with Crippen LogP contribution in [-0.4, -0.2) is 19.4 Å². The average molecular weight is 286 g/mol. The fourth-order valence-electron chi connectivity index (χ4n) is 1.29. The SMILES string of the molecule is C#CC(CC)NS(=O)(=O)c1ccc(F)c([N+](=O)[O-])c1. The highest BCUT2D eigenvalue weighted by molar-refractivity contribution is 7.89. The predicted molar refractivity (Wildman–Crippen MR) is 66.3 cm³/mol. The highest BCUT2D eigenvalue weighted by Crippen LogP contribution is 2.21. The van der Waals surface area contributed by atoms with Gasteiger partial charge in [0.15, 0.2) is 0 Å². The zero-order valence-corrected chi connectivity index (χ0v) is 10.8. The van der Waals surface area contributed by atoms with Crippen LogP contribution in [0.2, 0.25) is 0 Å². The number of benzene rings is 1. The van der Waals surface area contributed by atoms with Gasteiger partial charge < -0.3 is 0 Å². The third-order valence-corrected chi connectivity index (χ3v) is 3.80. The van der Waals surface area contributed by atoms with Crippen LogP contribution in [-0.2, 0) is 10.0 Å². The Bertz CT molecular complexity index is 637. The predicted octanol–water partition coefficient (Wildman–Crippen LogP) is 1.42. The Hall–Kier alpha value is -1.98. The summed E-state index contributed by atoms with van der Waals surface area (Å²) >= 11 is 0. The molecule has 0 spiro atoms. The van der Waals surface area contributed by atoms with Gasteiger partial charge in [-0.15, -0.1) is 6.42 Å². The third-order valence-electron chi connectivity index (χ3n) is 2.33. The minimum Gasteiger partial charge on any atom is -0.258 e. The van der Waals surface area contributed by atoms with Gasteiger partial charge in [-0.1, -0.05) is 12.8 Å². The van der Waals surface area contributed by atoms with Crippen LogP contribution in [0.3, 0.4) is 0 Å². The smallest absolute Gasteiger partial charge is 0.258 e. The summed E-state index contributed by atoms with van der Waals surface area (Å²) in [4.78, 5) is 9.15. The Kier molecular flexibility index (Phi) is 4.58. The monoisotopic (exact) mass is 286 g/mol. The summed E-state index contributed by atoms with van der Waals surface area (Å²) in [6.45, 7) is 1.68. The van der Waals surface area contributed by atoms with Crippen LogP contribution < -0.4 is 4.72 Å². The maximum Gasteiger partial charge on any atom is 0.306 e. The molecule has 1 aromatic carbocycles. The molecule has 1 rings (SSSR count). The zero-order chi connectivity index (χ0) is 14.6. The normalized spacial score (nSPS) is 12.7. The lowest BCUT2D eigenvalue weighted by atomic mass is 10.3. The lowest BCUT2D eigenvalue weighted by molar-refractivity contribution is -0.387. The van der Waals surface area contributed by atoms with E-state index in [4.69, 9.17) is 6.42 Å². The van der Waals surface area contributed by atoms with E-state index in [2.05, 4.69) is 10.6 Å². The summed E-state index contributed by atoms with van der Waals surface area (Å²) in [7, 11) is -4.02. The Morgan fingerprint density at radius 2 is 2.21 bits per heavy atom. The molecule has 1 N–H and O–H groups in total. The second-order valence-electron chi connectivity index (χ2n) is 3.62. The van der Waals surface area contributed by atoms with Gasteiger partial charge in [0.25, 0.3) is 0 Å². The van der Waals surface area contributed by atoms with Crippen LogP contribution in [0.4, 0.5) is 10.1 Å². The number of nitro benzene ring substituents is 1. The summed E-state index contributed by atoms with van der Waals surface area (Å²) in [5.41, 5.74) is -0.906. The Balaban J connectivity index is 3.20. The molecular formula is C11H11FN2O4S. The fraction of sp³-hybridized carbons (Fsp3) is 0.273. The molecule has 102 valence electrons. The van der Waals surface area contributed by atoms with E-state index < -0.39 is 37.4 Å². The minimum absolute atomic E-state index is 0.360. The number of halogens is 1. The summed E-state index contributed by atoms with van der Waals surface area (Å²) < 4.78 is 39.1. The summed E-state index contributed by atoms with van der Waals surface area (Å²) in [5, 5.41) is 10.6. The molecule has 0 aliphatic rings. The molecule has 0 aliphatic carbocycles. The molecule has 6 nitrogen and oxygen atoms in total. The van der Waals surface area contributed by atoms with Crippen LogP contribution in [0, 0.1) is 28.3 Å². The number of nitrogens with zero attached hydrogens (tertiary/aromatic N) is 1. The highest BCUT2D eigenvalue weighted by Gasteiger charge is 2.23. The first-order valence-corrected chi connectivity index (χ1v) is 6.72. The molecule has 8 heteroatoms. The maximum atomic E-state index is 13.1. The molecular weight excluding hydrogens is 275 g/mol. The summed E-state index contributed by atoms with van der Waals surface area (Å²) in [6, 6.07) is 1.59. The Labute approximate surface area is 109 Å². The second kappa shape index (κ2) is 5.77. The highest BCUT2D eigenvalue weighted by atomic mass is 32.2. The van der Waals surface area contributed by atoms with Gasteiger partial charge in [-0.25, -0.2) is 8.42 Å². The molecule has 0 bridgehead atoms. The molecule has 0 saturated heterocycles. The Morgan fingerprint density at radius 1 is 1.58 bits per heavy atom. The largest absolute Gasteiger partial charge is 0.306 e. The molecule has 0 aromatic heterocycles. The molecule has 0 fully saturated rings. The van der Waals surface area contributed by atoms with Crippen LogP contribution in [0.5, 0.6) is 0 Å². The lowest BCUT2D eigenvalue weighted by Gasteiger charge is -2.11. The van der Waals surface area contributed by atoms with Crippen molar-refractivity contribution in [2.24, 2.45) is 0 Å². The minimum atomic E-state index is -4.02. The number of hydrogen-bond donors (Lipinski definition) is 1. The van der Waals surface area contributed by atoms with Gasteiger partial charge in [0.05, 0.1) is 15.9 Å². The first-order valence-electron chi connectivity index (χ1n) is 5.24. The van der Waals surface area contributed by atoms with Crippen molar-refractivity contribution in [3.63, 3.8) is 0 Å². The van der Waals surface area contributed by atoms with Crippen molar-refractivity contribution in [2.75, 3.05) is 0 Å². The standard InChI is InChI=1S/C11H11FN2O4S/c1-3-8(4-2)13-19(17,18)9-5-6-10(12)11(7-9)14(15)16/h1,5-8,13H,4H2,2H3. The topological polar surface area (TPSA) is 89.3 Å². The molecule has 1 atom stereocenters. The van der Waals surface area contributed by atoms with E-state index in [0.717, 1.165) is 12.1 Å². The fourth-order valence-corrected chi connectivity index (χ4v) is 2.55. The quantitative estimate of drug-likeness (QED) is 0.503. The number of rotatable bonds is 5. The number of sulfonamides is 1. The first-order chi connectivity index (χ1) is 8.81. The van der Waals surface area contributed by atoms with Crippen LogP contribution in [0.15, 0.2) is 23.1 Å². The number of hydrogen-bond acceptors (Lipinski definition) is 4. The van der Waals surface area contributed by atoms with Crippen LogP contribution in [0.1, 0.15) is 13.3 Å². The van der Waals surface area contributed by atoms with Crippen molar-refractivity contribution in [2.45, 2.75) is 24.3 Å². The van der Waals surface area contributed by atoms with Crippen LogP contribution in [0.25, 0.3) is 0 Å². The number of nitrogens with one attached hydrogen (secondary N) is 1. The molecule has 0 heterocycles. The van der Waals surface area contributed by atoms with Crippen molar-refractivity contribution in [1.29, 1.82) is 0 Å². The number of terminal acetylenes is 1. The van der Waals surface area contributed by atoms with E-state index in [9.17, 15) is 22.9 Å². The van der Waals surface area contributed by atoms with E-state index in [0.29, 0.717) is 12.5 Å². The molecule has 1 aromatic rings. The van der Waals surface area contributed by atoms with Crippen molar-refractivity contribution in [3.8, 4) is 12.3 Å². The van der Waals surface area contributed by atoms with E-state index in [1.54, 1.807) is 6.92 Å². The molecule has 0 amide bonds. The van der Waals surface area contributed by atoms with Gasteiger partial charge in [-0.3, -0.25) is 10.1 Å². The van der Waals surface area contributed by atoms with Gasteiger partial charge in [0.2, 0.25) is 15.8 Å². The number of nitro groups is 1.